The van der Waals surface area contributed by atoms with Crippen LogP contribution in [0.3, 0.4) is 0 Å². The van der Waals surface area contributed by atoms with Gasteiger partial charge in [-0.05, 0) is 66.2 Å². The highest BCUT2D eigenvalue weighted by Gasteiger charge is 2.57. The number of benzene rings is 1. The summed E-state index contributed by atoms with van der Waals surface area (Å²) in [6, 6.07) is 6.93. The minimum atomic E-state index is 0.418. The average Bonchev–Trinajstić information content (AvgIpc) is 2.90. The molecule has 1 fully saturated rings. The molecule has 1 saturated carbocycles. The average molecular weight is 229 g/mol. The van der Waals surface area contributed by atoms with Crippen molar-refractivity contribution in [2.24, 2.45) is 17.1 Å². The number of hydrogen-bond donors (Lipinski definition) is 1. The second kappa shape index (κ2) is 3.84. The smallest absolute Gasteiger partial charge is 0.00375 e. The first-order chi connectivity index (χ1) is 8.16. The van der Waals surface area contributed by atoms with Crippen LogP contribution in [-0.4, -0.2) is 6.54 Å². The standard InChI is InChI=1S/C16H23N/c1-16(2)14(10-17)15(16)13-9-5-7-11-6-3-4-8-12(11)13/h5,7,9,14-15H,3-4,6,8,10,17H2,1-2H3/t14-,15-/m1/s1. The second-order valence-electron chi connectivity index (χ2n) is 6.33. The van der Waals surface area contributed by atoms with Crippen molar-refractivity contribution in [2.75, 3.05) is 6.54 Å². The van der Waals surface area contributed by atoms with Crippen LogP contribution in [0.5, 0.6) is 0 Å². The third-order valence-corrected chi connectivity index (χ3v) is 5.07. The van der Waals surface area contributed by atoms with Crippen LogP contribution in [0.4, 0.5) is 0 Å². The number of hydrogen-bond acceptors (Lipinski definition) is 1. The SMILES string of the molecule is CC1(C)[C@H](CN)[C@H]1c1cccc2c1CCCC2. The van der Waals surface area contributed by atoms with Crippen molar-refractivity contribution in [2.45, 2.75) is 45.4 Å². The Labute approximate surface area is 104 Å². The fourth-order valence-electron chi connectivity index (χ4n) is 3.90. The Bertz CT molecular complexity index is 433. The number of rotatable bonds is 2. The fraction of sp³-hybridized carbons (Fsp3) is 0.625. The van der Waals surface area contributed by atoms with Gasteiger partial charge in [0.1, 0.15) is 0 Å². The van der Waals surface area contributed by atoms with E-state index in [9.17, 15) is 0 Å². The lowest BCUT2D eigenvalue weighted by Crippen LogP contribution is -2.07. The molecule has 0 saturated heterocycles. The quantitative estimate of drug-likeness (QED) is 0.827. The lowest BCUT2D eigenvalue weighted by Gasteiger charge is -2.20. The van der Waals surface area contributed by atoms with E-state index in [0.29, 0.717) is 17.3 Å². The Morgan fingerprint density at radius 2 is 2.00 bits per heavy atom. The molecule has 17 heavy (non-hydrogen) atoms. The predicted octanol–water partition coefficient (Wildman–Crippen LogP) is 3.26. The van der Waals surface area contributed by atoms with E-state index < -0.39 is 0 Å². The van der Waals surface area contributed by atoms with Gasteiger partial charge in [-0.25, -0.2) is 0 Å². The van der Waals surface area contributed by atoms with Gasteiger partial charge < -0.3 is 5.73 Å². The third kappa shape index (κ3) is 1.63. The van der Waals surface area contributed by atoms with Crippen LogP contribution >= 0.6 is 0 Å². The van der Waals surface area contributed by atoms with Crippen molar-refractivity contribution in [1.82, 2.24) is 0 Å². The summed E-state index contributed by atoms with van der Waals surface area (Å²) in [6.45, 7) is 5.58. The van der Waals surface area contributed by atoms with E-state index >= 15 is 0 Å². The summed E-state index contributed by atoms with van der Waals surface area (Å²) in [7, 11) is 0. The largest absolute Gasteiger partial charge is 0.330 e. The van der Waals surface area contributed by atoms with Crippen molar-refractivity contribution in [3.63, 3.8) is 0 Å². The van der Waals surface area contributed by atoms with Gasteiger partial charge in [0.15, 0.2) is 0 Å². The first kappa shape index (κ1) is 11.3. The van der Waals surface area contributed by atoms with E-state index in [1.165, 1.54) is 25.7 Å². The van der Waals surface area contributed by atoms with Gasteiger partial charge >= 0.3 is 0 Å². The minimum absolute atomic E-state index is 0.418. The van der Waals surface area contributed by atoms with Crippen molar-refractivity contribution in [3.8, 4) is 0 Å². The summed E-state index contributed by atoms with van der Waals surface area (Å²) >= 11 is 0. The fourth-order valence-corrected chi connectivity index (χ4v) is 3.90. The Balaban J connectivity index is 1.99. The molecule has 2 aliphatic carbocycles. The van der Waals surface area contributed by atoms with Crippen molar-refractivity contribution in [1.29, 1.82) is 0 Å². The topological polar surface area (TPSA) is 26.0 Å². The molecule has 1 nitrogen and oxygen atoms in total. The summed E-state index contributed by atoms with van der Waals surface area (Å²) in [5, 5.41) is 0. The summed E-state index contributed by atoms with van der Waals surface area (Å²) in [6.07, 6.45) is 5.30. The first-order valence-electron chi connectivity index (χ1n) is 6.97. The van der Waals surface area contributed by atoms with Crippen LogP contribution < -0.4 is 5.73 Å². The van der Waals surface area contributed by atoms with Gasteiger partial charge in [-0.1, -0.05) is 32.0 Å². The van der Waals surface area contributed by atoms with Crippen LogP contribution in [0.25, 0.3) is 0 Å². The molecule has 0 aromatic heterocycles. The van der Waals surface area contributed by atoms with Crippen LogP contribution in [0.2, 0.25) is 0 Å². The van der Waals surface area contributed by atoms with E-state index in [0.717, 1.165) is 6.54 Å². The Kier molecular flexibility index (Phi) is 2.55. The van der Waals surface area contributed by atoms with Crippen LogP contribution in [0.1, 0.15) is 49.3 Å². The highest BCUT2D eigenvalue weighted by Crippen LogP contribution is 2.64. The molecule has 3 rings (SSSR count). The van der Waals surface area contributed by atoms with Crippen LogP contribution in [0, 0.1) is 11.3 Å². The predicted molar refractivity (Wildman–Crippen MR) is 72.2 cm³/mol. The molecule has 2 aliphatic rings. The first-order valence-corrected chi connectivity index (χ1v) is 6.97. The molecular formula is C16H23N. The van der Waals surface area contributed by atoms with Gasteiger partial charge in [0.25, 0.3) is 0 Å². The molecular weight excluding hydrogens is 206 g/mol. The Morgan fingerprint density at radius 3 is 2.71 bits per heavy atom. The number of fused-ring (bicyclic) bond motifs is 1. The summed E-state index contributed by atoms with van der Waals surface area (Å²) in [5.74, 6) is 1.40. The summed E-state index contributed by atoms with van der Waals surface area (Å²) in [4.78, 5) is 0. The number of aryl methyl sites for hydroxylation is 1. The maximum Gasteiger partial charge on any atom is -0.00375 e. The van der Waals surface area contributed by atoms with Crippen LogP contribution in [-0.2, 0) is 12.8 Å². The molecule has 2 atom stereocenters. The lowest BCUT2D eigenvalue weighted by molar-refractivity contribution is 0.557. The van der Waals surface area contributed by atoms with Gasteiger partial charge in [0.2, 0.25) is 0 Å². The molecule has 0 aliphatic heterocycles. The van der Waals surface area contributed by atoms with Gasteiger partial charge in [-0.15, -0.1) is 0 Å². The molecule has 2 N–H and O–H groups in total. The molecule has 0 spiro atoms. The zero-order chi connectivity index (χ0) is 12.0. The summed E-state index contributed by atoms with van der Waals surface area (Å²) in [5.41, 5.74) is 11.2. The highest BCUT2D eigenvalue weighted by molar-refractivity contribution is 5.44. The van der Waals surface area contributed by atoms with E-state index in [-0.39, 0.29) is 0 Å². The van der Waals surface area contributed by atoms with Gasteiger partial charge in [0.05, 0.1) is 0 Å². The van der Waals surface area contributed by atoms with E-state index in [1.807, 2.05) is 0 Å². The van der Waals surface area contributed by atoms with E-state index in [4.69, 9.17) is 5.73 Å². The van der Waals surface area contributed by atoms with E-state index in [1.54, 1.807) is 16.7 Å². The minimum Gasteiger partial charge on any atom is -0.330 e. The van der Waals surface area contributed by atoms with Gasteiger partial charge in [-0.3, -0.25) is 0 Å². The van der Waals surface area contributed by atoms with Crippen molar-refractivity contribution in [3.05, 3.63) is 34.9 Å². The zero-order valence-corrected chi connectivity index (χ0v) is 11.0. The maximum atomic E-state index is 5.91. The van der Waals surface area contributed by atoms with E-state index in [2.05, 4.69) is 32.0 Å². The molecule has 1 aromatic carbocycles. The van der Waals surface area contributed by atoms with Gasteiger partial charge in [0, 0.05) is 0 Å². The molecule has 0 amide bonds. The highest BCUT2D eigenvalue weighted by atomic mass is 14.7. The Morgan fingerprint density at radius 1 is 1.24 bits per heavy atom. The maximum absolute atomic E-state index is 5.91. The molecule has 0 unspecified atom stereocenters. The van der Waals surface area contributed by atoms with Crippen molar-refractivity contribution >= 4 is 0 Å². The molecule has 1 heteroatoms. The Hall–Kier alpha value is -0.820. The second-order valence-corrected chi connectivity index (χ2v) is 6.33. The normalized spacial score (nSPS) is 29.8. The molecule has 92 valence electrons. The van der Waals surface area contributed by atoms with Gasteiger partial charge in [-0.2, -0.15) is 0 Å². The van der Waals surface area contributed by atoms with Crippen molar-refractivity contribution < 1.29 is 0 Å². The number of nitrogens with two attached hydrogens (primary N) is 1. The third-order valence-electron chi connectivity index (χ3n) is 5.07. The summed E-state index contributed by atoms with van der Waals surface area (Å²) < 4.78 is 0. The molecule has 0 radical (unpaired) electrons. The molecule has 0 heterocycles. The lowest BCUT2D eigenvalue weighted by atomic mass is 9.85. The monoisotopic (exact) mass is 229 g/mol. The molecule has 1 aromatic rings. The zero-order valence-electron chi connectivity index (χ0n) is 11.0. The van der Waals surface area contributed by atoms with Crippen LogP contribution in [0.15, 0.2) is 18.2 Å². The molecule has 0 bridgehead atoms.